The van der Waals surface area contributed by atoms with Crippen LogP contribution in [0.4, 0.5) is 5.69 Å². The van der Waals surface area contributed by atoms with Crippen molar-refractivity contribution in [2.24, 2.45) is 5.92 Å². The highest BCUT2D eigenvalue weighted by atomic mass is 16.5. The minimum atomic E-state index is 0.784. The van der Waals surface area contributed by atoms with E-state index in [2.05, 4.69) is 21.9 Å². The topological polar surface area (TPSA) is 41.7 Å². The van der Waals surface area contributed by atoms with Crippen molar-refractivity contribution >= 4 is 5.69 Å². The average Bonchev–Trinajstić information content (AvgIpc) is 3.24. The summed E-state index contributed by atoms with van der Waals surface area (Å²) in [4.78, 5) is 5.13. The minimum absolute atomic E-state index is 0.784. The van der Waals surface area contributed by atoms with Gasteiger partial charge in [0.05, 0.1) is 7.11 Å². The number of benzene rings is 1. The first-order valence-electron chi connectivity index (χ1n) is 7.61. The number of rotatable bonds is 5. The summed E-state index contributed by atoms with van der Waals surface area (Å²) in [5.41, 5.74) is 7.95. The molecule has 1 aromatic carbocycles. The molecule has 20 heavy (non-hydrogen) atoms. The molecule has 0 aromatic heterocycles. The Bertz CT molecular complexity index is 451. The summed E-state index contributed by atoms with van der Waals surface area (Å²) >= 11 is 0. The first-order chi connectivity index (χ1) is 9.72. The second-order valence-electron chi connectivity index (χ2n) is 6.13. The van der Waals surface area contributed by atoms with Crippen LogP contribution in [-0.4, -0.2) is 49.6 Å². The van der Waals surface area contributed by atoms with E-state index in [0.717, 1.165) is 37.0 Å². The van der Waals surface area contributed by atoms with Crippen molar-refractivity contribution in [1.29, 1.82) is 0 Å². The molecule has 0 unspecified atom stereocenters. The summed E-state index contributed by atoms with van der Waals surface area (Å²) < 4.78 is 5.29. The summed E-state index contributed by atoms with van der Waals surface area (Å²) in [5, 5.41) is 0. The molecule has 1 aliphatic carbocycles. The van der Waals surface area contributed by atoms with Crippen molar-refractivity contribution in [3.63, 3.8) is 0 Å². The van der Waals surface area contributed by atoms with Crippen LogP contribution in [0.5, 0.6) is 5.75 Å². The Balaban J connectivity index is 1.52. The maximum atomic E-state index is 5.92. The molecular formula is C16H25N3O. The molecule has 0 radical (unpaired) electrons. The van der Waals surface area contributed by atoms with Gasteiger partial charge < -0.3 is 15.4 Å². The van der Waals surface area contributed by atoms with E-state index in [-0.39, 0.29) is 0 Å². The van der Waals surface area contributed by atoms with E-state index < -0.39 is 0 Å². The molecule has 1 aliphatic heterocycles. The van der Waals surface area contributed by atoms with Crippen LogP contribution in [0.3, 0.4) is 0 Å². The van der Waals surface area contributed by atoms with E-state index in [9.17, 15) is 0 Å². The maximum absolute atomic E-state index is 5.92. The molecule has 1 saturated heterocycles. The van der Waals surface area contributed by atoms with Crippen LogP contribution in [0, 0.1) is 5.92 Å². The zero-order valence-corrected chi connectivity index (χ0v) is 12.3. The highest BCUT2D eigenvalue weighted by molar-refractivity contribution is 5.47. The lowest BCUT2D eigenvalue weighted by Gasteiger charge is -2.34. The first-order valence-corrected chi connectivity index (χ1v) is 7.61. The van der Waals surface area contributed by atoms with Crippen LogP contribution < -0.4 is 10.5 Å². The van der Waals surface area contributed by atoms with Gasteiger partial charge in [0.15, 0.2) is 0 Å². The molecule has 4 heteroatoms. The van der Waals surface area contributed by atoms with Gasteiger partial charge in [-0.05, 0) is 36.5 Å². The third kappa shape index (κ3) is 3.64. The third-order valence-corrected chi connectivity index (χ3v) is 4.31. The quantitative estimate of drug-likeness (QED) is 0.832. The number of piperazine rings is 1. The summed E-state index contributed by atoms with van der Waals surface area (Å²) in [6.45, 7) is 7.01. The van der Waals surface area contributed by atoms with Crippen molar-refractivity contribution in [2.75, 3.05) is 45.6 Å². The molecule has 2 N–H and O–H groups in total. The van der Waals surface area contributed by atoms with E-state index in [1.807, 2.05) is 6.07 Å². The highest BCUT2D eigenvalue weighted by Gasteiger charge is 2.26. The monoisotopic (exact) mass is 275 g/mol. The van der Waals surface area contributed by atoms with E-state index in [4.69, 9.17) is 10.5 Å². The molecule has 1 aromatic rings. The van der Waals surface area contributed by atoms with Crippen molar-refractivity contribution in [2.45, 2.75) is 19.4 Å². The number of hydrogen-bond donors (Lipinski definition) is 1. The number of nitrogen functional groups attached to an aromatic ring is 1. The van der Waals surface area contributed by atoms with Crippen LogP contribution in [0.1, 0.15) is 18.4 Å². The van der Waals surface area contributed by atoms with Crippen LogP contribution >= 0.6 is 0 Å². The Kier molecular flexibility index (Phi) is 4.13. The second kappa shape index (κ2) is 6.02. The molecule has 0 atom stereocenters. The number of methoxy groups -OCH3 is 1. The zero-order valence-electron chi connectivity index (χ0n) is 12.3. The Labute approximate surface area is 121 Å². The van der Waals surface area contributed by atoms with E-state index in [1.54, 1.807) is 7.11 Å². The molecule has 0 amide bonds. The molecule has 2 aliphatic rings. The van der Waals surface area contributed by atoms with Crippen LogP contribution in [-0.2, 0) is 6.54 Å². The summed E-state index contributed by atoms with van der Waals surface area (Å²) in [5.74, 6) is 1.85. The van der Waals surface area contributed by atoms with Crippen molar-refractivity contribution < 1.29 is 4.74 Å². The third-order valence-electron chi connectivity index (χ3n) is 4.31. The molecule has 2 fully saturated rings. The number of anilines is 1. The molecule has 110 valence electrons. The molecule has 1 heterocycles. The van der Waals surface area contributed by atoms with Gasteiger partial charge in [-0.3, -0.25) is 4.90 Å². The number of hydrogen-bond acceptors (Lipinski definition) is 4. The second-order valence-corrected chi connectivity index (χ2v) is 6.13. The van der Waals surface area contributed by atoms with Crippen molar-refractivity contribution in [1.82, 2.24) is 9.80 Å². The summed E-state index contributed by atoms with van der Waals surface area (Å²) in [7, 11) is 1.69. The fourth-order valence-corrected chi connectivity index (χ4v) is 2.95. The Morgan fingerprint density at radius 1 is 1.10 bits per heavy atom. The van der Waals surface area contributed by atoms with Gasteiger partial charge in [-0.2, -0.15) is 0 Å². The molecule has 3 rings (SSSR count). The van der Waals surface area contributed by atoms with Gasteiger partial charge in [-0.1, -0.05) is 0 Å². The van der Waals surface area contributed by atoms with Gasteiger partial charge in [-0.25, -0.2) is 0 Å². The molecule has 0 bridgehead atoms. The summed E-state index contributed by atoms with van der Waals surface area (Å²) in [6.07, 6.45) is 2.90. The lowest BCUT2D eigenvalue weighted by Crippen LogP contribution is -2.46. The number of nitrogens with zero attached hydrogens (tertiary/aromatic N) is 2. The van der Waals surface area contributed by atoms with Crippen molar-refractivity contribution in [3.05, 3.63) is 23.8 Å². The van der Waals surface area contributed by atoms with Crippen LogP contribution in [0.2, 0.25) is 0 Å². The van der Waals surface area contributed by atoms with E-state index in [0.29, 0.717) is 0 Å². The van der Waals surface area contributed by atoms with Gasteiger partial charge in [0.25, 0.3) is 0 Å². The lowest BCUT2D eigenvalue weighted by atomic mass is 10.1. The fraction of sp³-hybridized carbons (Fsp3) is 0.625. The minimum Gasteiger partial charge on any atom is -0.497 e. The van der Waals surface area contributed by atoms with Crippen LogP contribution in [0.15, 0.2) is 18.2 Å². The van der Waals surface area contributed by atoms with Gasteiger partial charge in [0.2, 0.25) is 0 Å². The maximum Gasteiger partial charge on any atom is 0.121 e. The van der Waals surface area contributed by atoms with Gasteiger partial charge >= 0.3 is 0 Å². The van der Waals surface area contributed by atoms with Gasteiger partial charge in [0, 0.05) is 51.0 Å². The van der Waals surface area contributed by atoms with Gasteiger partial charge in [-0.15, -0.1) is 0 Å². The SMILES string of the molecule is COc1cc(N)cc(CN2CCN(CC3CC3)CC2)c1. The lowest BCUT2D eigenvalue weighted by molar-refractivity contribution is 0.123. The zero-order chi connectivity index (χ0) is 13.9. The fourth-order valence-electron chi connectivity index (χ4n) is 2.95. The Morgan fingerprint density at radius 2 is 1.80 bits per heavy atom. The highest BCUT2D eigenvalue weighted by Crippen LogP contribution is 2.30. The number of nitrogens with two attached hydrogens (primary N) is 1. The van der Waals surface area contributed by atoms with Crippen molar-refractivity contribution in [3.8, 4) is 5.75 Å². The molecule has 0 spiro atoms. The number of ether oxygens (including phenoxy) is 1. The standard InChI is InChI=1S/C16H25N3O/c1-20-16-9-14(8-15(17)10-16)12-19-6-4-18(5-7-19)11-13-2-3-13/h8-10,13H,2-7,11-12,17H2,1H3. The Hall–Kier alpha value is -1.26. The van der Waals surface area contributed by atoms with Gasteiger partial charge in [0.1, 0.15) is 5.75 Å². The smallest absolute Gasteiger partial charge is 0.121 e. The van der Waals surface area contributed by atoms with Crippen LogP contribution in [0.25, 0.3) is 0 Å². The van der Waals surface area contributed by atoms with E-state index in [1.165, 1.54) is 38.0 Å². The molecular weight excluding hydrogens is 250 g/mol. The molecule has 4 nitrogen and oxygen atoms in total. The predicted octanol–water partition coefficient (Wildman–Crippen LogP) is 1.80. The Morgan fingerprint density at radius 3 is 2.45 bits per heavy atom. The average molecular weight is 275 g/mol. The first kappa shape index (κ1) is 13.7. The normalized spacial score (nSPS) is 21.1. The van der Waals surface area contributed by atoms with E-state index >= 15 is 0 Å². The largest absolute Gasteiger partial charge is 0.497 e. The summed E-state index contributed by atoms with van der Waals surface area (Å²) in [6, 6.07) is 6.02. The molecule has 1 saturated carbocycles. The predicted molar refractivity (Wildman–Crippen MR) is 81.8 cm³/mol.